The molecule has 0 atom stereocenters. The van der Waals surface area contributed by atoms with E-state index in [0.717, 1.165) is 15.1 Å². The van der Waals surface area contributed by atoms with E-state index in [1.165, 1.54) is 27.8 Å². The molecular formula is C27H31ClN4O3S3. The van der Waals surface area contributed by atoms with Crippen molar-refractivity contribution >= 4 is 72.5 Å². The van der Waals surface area contributed by atoms with E-state index < -0.39 is 10.0 Å². The van der Waals surface area contributed by atoms with Crippen molar-refractivity contribution in [3.05, 3.63) is 78.4 Å². The number of thiazole rings is 1. The number of hydrogen-bond donors (Lipinski definition) is 0. The van der Waals surface area contributed by atoms with Crippen molar-refractivity contribution in [3.8, 4) is 0 Å². The molecule has 4 rings (SSSR count). The predicted molar refractivity (Wildman–Crippen MR) is 162 cm³/mol. The highest BCUT2D eigenvalue weighted by Gasteiger charge is 2.26. The minimum absolute atomic E-state index is 0. The zero-order valence-electron chi connectivity index (χ0n) is 21.7. The van der Waals surface area contributed by atoms with E-state index in [4.69, 9.17) is 4.98 Å². The van der Waals surface area contributed by atoms with Gasteiger partial charge in [-0.1, -0.05) is 35.6 Å². The van der Waals surface area contributed by atoms with E-state index in [0.29, 0.717) is 36.0 Å². The average Bonchev–Trinajstić information content (AvgIpc) is 3.33. The molecule has 0 aliphatic rings. The highest BCUT2D eigenvalue weighted by atomic mass is 35.5. The smallest absolute Gasteiger partial charge is 0.264 e. The molecule has 3 aromatic carbocycles. The van der Waals surface area contributed by atoms with Gasteiger partial charge in [-0.25, -0.2) is 13.4 Å². The van der Waals surface area contributed by atoms with Crippen molar-refractivity contribution in [1.29, 1.82) is 0 Å². The predicted octanol–water partition coefficient (Wildman–Crippen LogP) is 5.86. The molecule has 38 heavy (non-hydrogen) atoms. The monoisotopic (exact) mass is 590 g/mol. The lowest BCUT2D eigenvalue weighted by Crippen LogP contribution is -2.36. The molecule has 1 amide bonds. The van der Waals surface area contributed by atoms with E-state index >= 15 is 0 Å². The number of aromatic nitrogens is 1. The Morgan fingerprint density at radius 2 is 1.63 bits per heavy atom. The van der Waals surface area contributed by atoms with E-state index in [2.05, 4.69) is 0 Å². The van der Waals surface area contributed by atoms with E-state index in [1.54, 1.807) is 47.9 Å². The number of carbonyl (C=O) groups excluding carboxylic acids is 1. The maximum absolute atomic E-state index is 13.7. The van der Waals surface area contributed by atoms with E-state index in [9.17, 15) is 13.2 Å². The number of benzene rings is 3. The number of carbonyl (C=O) groups is 1. The number of thioether (sulfide) groups is 1. The first kappa shape index (κ1) is 29.9. The van der Waals surface area contributed by atoms with Crippen LogP contribution < -0.4 is 9.21 Å². The number of rotatable bonds is 10. The summed E-state index contributed by atoms with van der Waals surface area (Å²) in [6, 6.07) is 21.2. The Balaban J connectivity index is 0.00000400. The highest BCUT2D eigenvalue weighted by molar-refractivity contribution is 7.98. The Morgan fingerprint density at radius 3 is 2.24 bits per heavy atom. The third-order valence-electron chi connectivity index (χ3n) is 5.86. The molecule has 4 aromatic rings. The zero-order chi connectivity index (χ0) is 26.6. The third kappa shape index (κ3) is 6.32. The number of para-hydroxylation sites is 2. The molecule has 11 heteroatoms. The van der Waals surface area contributed by atoms with Gasteiger partial charge in [0, 0.05) is 30.1 Å². The standard InChI is InChI=1S/C27H30N4O3S3.ClH/c1-5-31(21-10-7-6-8-11-21)37(33,34)22-16-14-20(15-17-22)26(32)30(19-18-29(2)3)27-28-25-23(35-4)12-9-13-24(25)36-27;/h6-17H,5,18-19H2,1-4H3;1H. The summed E-state index contributed by atoms with van der Waals surface area (Å²) in [5.41, 5.74) is 1.89. The van der Waals surface area contributed by atoms with Gasteiger partial charge in [-0.3, -0.25) is 14.0 Å². The van der Waals surface area contributed by atoms with Crippen molar-refractivity contribution < 1.29 is 13.2 Å². The van der Waals surface area contributed by atoms with Crippen LogP contribution in [0.25, 0.3) is 10.2 Å². The minimum Gasteiger partial charge on any atom is -0.308 e. The number of hydrogen-bond acceptors (Lipinski definition) is 7. The Morgan fingerprint density at radius 1 is 0.947 bits per heavy atom. The molecule has 0 N–H and O–H groups in total. The van der Waals surface area contributed by atoms with E-state index in [-0.39, 0.29) is 23.2 Å². The van der Waals surface area contributed by atoms with Crippen LogP contribution in [0.4, 0.5) is 10.8 Å². The molecule has 0 bridgehead atoms. The van der Waals surface area contributed by atoms with Crippen molar-refractivity contribution in [2.45, 2.75) is 16.7 Å². The molecule has 0 spiro atoms. The number of fused-ring (bicyclic) bond motifs is 1. The van der Waals surface area contributed by atoms with Crippen molar-refractivity contribution in [1.82, 2.24) is 9.88 Å². The maximum atomic E-state index is 13.7. The van der Waals surface area contributed by atoms with Gasteiger partial charge < -0.3 is 4.90 Å². The number of likely N-dealkylation sites (N-methyl/N-ethyl adjacent to an activating group) is 1. The van der Waals surface area contributed by atoms with Gasteiger partial charge in [0.05, 0.1) is 20.8 Å². The Kier molecular flexibility index (Phi) is 10.2. The number of anilines is 2. The highest BCUT2D eigenvalue weighted by Crippen LogP contribution is 2.34. The van der Waals surface area contributed by atoms with Crippen LogP contribution in [0, 0.1) is 0 Å². The number of sulfonamides is 1. The van der Waals surface area contributed by atoms with Crippen LogP contribution >= 0.6 is 35.5 Å². The summed E-state index contributed by atoms with van der Waals surface area (Å²) in [4.78, 5) is 23.4. The molecule has 0 aliphatic carbocycles. The molecule has 0 unspecified atom stereocenters. The molecule has 202 valence electrons. The molecule has 1 heterocycles. The normalized spacial score (nSPS) is 11.4. The first-order valence-corrected chi connectivity index (χ1v) is 15.3. The third-order valence-corrected chi connectivity index (χ3v) is 9.59. The van der Waals surface area contributed by atoms with Crippen LogP contribution in [0.2, 0.25) is 0 Å². The minimum atomic E-state index is -3.78. The molecule has 0 saturated heterocycles. The maximum Gasteiger partial charge on any atom is 0.264 e. The van der Waals surface area contributed by atoms with Crippen LogP contribution in [0.5, 0.6) is 0 Å². The number of halogens is 1. The largest absolute Gasteiger partial charge is 0.308 e. The first-order chi connectivity index (χ1) is 17.8. The van der Waals surface area contributed by atoms with Gasteiger partial charge in [0.1, 0.15) is 0 Å². The molecule has 0 fully saturated rings. The lowest BCUT2D eigenvalue weighted by Gasteiger charge is -2.24. The fourth-order valence-corrected chi connectivity index (χ4v) is 7.03. The quantitative estimate of drug-likeness (QED) is 0.215. The molecule has 0 saturated carbocycles. The van der Waals surface area contributed by atoms with Crippen LogP contribution in [0.1, 0.15) is 17.3 Å². The topological polar surface area (TPSA) is 73.8 Å². The van der Waals surface area contributed by atoms with Gasteiger partial charge in [0.15, 0.2) is 5.13 Å². The summed E-state index contributed by atoms with van der Waals surface area (Å²) < 4.78 is 29.1. The Hall–Kier alpha value is -2.63. The van der Waals surface area contributed by atoms with Gasteiger partial charge in [-0.15, -0.1) is 24.2 Å². The van der Waals surface area contributed by atoms with Crippen LogP contribution in [-0.2, 0) is 10.0 Å². The van der Waals surface area contributed by atoms with Crippen LogP contribution in [0.3, 0.4) is 0 Å². The summed E-state index contributed by atoms with van der Waals surface area (Å²) in [5.74, 6) is -0.217. The van der Waals surface area contributed by atoms with Gasteiger partial charge in [0.25, 0.3) is 15.9 Å². The fraction of sp³-hybridized carbons (Fsp3) is 0.259. The lowest BCUT2D eigenvalue weighted by molar-refractivity contribution is 0.0985. The van der Waals surface area contributed by atoms with Crippen LogP contribution in [-0.4, -0.2) is 64.2 Å². The summed E-state index contributed by atoms with van der Waals surface area (Å²) in [7, 11) is 0.138. The van der Waals surface area contributed by atoms with Gasteiger partial charge in [-0.2, -0.15) is 0 Å². The second kappa shape index (κ2) is 12.9. The molecule has 0 aliphatic heterocycles. The first-order valence-electron chi connectivity index (χ1n) is 11.8. The van der Waals surface area contributed by atoms with Crippen molar-refractivity contribution in [3.63, 3.8) is 0 Å². The fourth-order valence-electron chi connectivity index (χ4n) is 3.91. The molecule has 1 aromatic heterocycles. The summed E-state index contributed by atoms with van der Waals surface area (Å²) in [5, 5.41) is 0.626. The zero-order valence-corrected chi connectivity index (χ0v) is 25.0. The molecule has 0 radical (unpaired) electrons. The second-order valence-corrected chi connectivity index (χ2v) is 12.3. The number of amides is 1. The molecule has 7 nitrogen and oxygen atoms in total. The van der Waals surface area contributed by atoms with Gasteiger partial charge >= 0.3 is 0 Å². The lowest BCUT2D eigenvalue weighted by atomic mass is 10.2. The summed E-state index contributed by atoms with van der Waals surface area (Å²) >= 11 is 3.11. The number of nitrogens with zero attached hydrogens (tertiary/aromatic N) is 4. The molecular weight excluding hydrogens is 560 g/mol. The average molecular weight is 591 g/mol. The second-order valence-electron chi connectivity index (χ2n) is 8.59. The van der Waals surface area contributed by atoms with Gasteiger partial charge in [0.2, 0.25) is 0 Å². The van der Waals surface area contributed by atoms with Gasteiger partial charge in [-0.05, 0) is 75.8 Å². The van der Waals surface area contributed by atoms with E-state index in [1.807, 2.05) is 61.6 Å². The van der Waals surface area contributed by atoms with Crippen LogP contribution in [0.15, 0.2) is 82.6 Å². The van der Waals surface area contributed by atoms with Crippen molar-refractivity contribution in [2.75, 3.05) is 49.2 Å². The van der Waals surface area contributed by atoms with Crippen molar-refractivity contribution in [2.24, 2.45) is 0 Å². The Labute approximate surface area is 238 Å². The Bertz CT molecular complexity index is 1480. The SMILES string of the molecule is CCN(c1ccccc1)S(=O)(=O)c1ccc(C(=O)N(CCN(C)C)c2nc3c(SC)cccc3s2)cc1.Cl. The summed E-state index contributed by atoms with van der Waals surface area (Å²) in [6.07, 6.45) is 2.01. The summed E-state index contributed by atoms with van der Waals surface area (Å²) in [6.45, 7) is 3.20.